The normalized spacial score (nSPS) is 10.4. The molecule has 0 saturated heterocycles. The number of ether oxygens (including phenoxy) is 1. The Bertz CT molecular complexity index is 963. The third-order valence-electron chi connectivity index (χ3n) is 3.43. The highest BCUT2D eigenvalue weighted by atomic mass is 32.2. The molecule has 10 heteroatoms. The number of carbonyl (C=O) groups excluding carboxylic acids is 1. The number of nitro groups is 1. The van der Waals surface area contributed by atoms with E-state index in [1.807, 2.05) is 30.3 Å². The first kappa shape index (κ1) is 18.8. The quantitative estimate of drug-likeness (QED) is 0.361. The second-order valence-electron chi connectivity index (χ2n) is 5.20. The first-order chi connectivity index (χ1) is 13.1. The molecule has 1 aromatic heterocycles. The number of hydrogen-bond acceptors (Lipinski definition) is 8. The fourth-order valence-corrected chi connectivity index (χ4v) is 3.81. The van der Waals surface area contributed by atoms with Crippen LogP contribution in [0.4, 0.5) is 10.8 Å². The summed E-state index contributed by atoms with van der Waals surface area (Å²) >= 11 is 2.88. The highest BCUT2D eigenvalue weighted by Crippen LogP contribution is 2.29. The molecular weight excluding hydrogens is 388 g/mol. The van der Waals surface area contributed by atoms with Crippen molar-refractivity contribution in [1.82, 2.24) is 10.2 Å². The Morgan fingerprint density at radius 1 is 1.26 bits per heavy atom. The molecule has 8 nitrogen and oxygen atoms in total. The Labute approximate surface area is 162 Å². The Kier molecular flexibility index (Phi) is 5.99. The van der Waals surface area contributed by atoms with Crippen LogP contribution in [-0.4, -0.2) is 28.1 Å². The molecule has 0 fully saturated rings. The summed E-state index contributed by atoms with van der Waals surface area (Å²) in [7, 11) is 1.33. The van der Waals surface area contributed by atoms with Crippen LogP contribution in [0.2, 0.25) is 0 Å². The van der Waals surface area contributed by atoms with Gasteiger partial charge in [-0.2, -0.15) is 0 Å². The van der Waals surface area contributed by atoms with Crippen LogP contribution >= 0.6 is 23.1 Å². The number of amides is 1. The van der Waals surface area contributed by atoms with E-state index in [1.54, 1.807) is 11.8 Å². The fraction of sp³-hybridized carbons (Fsp3) is 0.118. The van der Waals surface area contributed by atoms with E-state index in [0.29, 0.717) is 10.9 Å². The summed E-state index contributed by atoms with van der Waals surface area (Å²) in [5.41, 5.74) is -0.139. The van der Waals surface area contributed by atoms with Crippen LogP contribution in [0.15, 0.2) is 53.4 Å². The summed E-state index contributed by atoms with van der Waals surface area (Å²) < 4.78 is 4.93. The SMILES string of the molecule is COc1ccc(C(=O)Nc2nnc(CSc3ccccc3)s2)cc1[N+](=O)[O-]. The largest absolute Gasteiger partial charge is 0.490 e. The van der Waals surface area contributed by atoms with Gasteiger partial charge in [0, 0.05) is 16.5 Å². The highest BCUT2D eigenvalue weighted by Gasteiger charge is 2.19. The van der Waals surface area contributed by atoms with E-state index in [0.717, 1.165) is 9.90 Å². The van der Waals surface area contributed by atoms with Gasteiger partial charge in [0.2, 0.25) is 5.13 Å². The average Bonchev–Trinajstić information content (AvgIpc) is 3.13. The lowest BCUT2D eigenvalue weighted by Gasteiger charge is -2.04. The molecule has 0 radical (unpaired) electrons. The molecule has 0 spiro atoms. The van der Waals surface area contributed by atoms with Gasteiger partial charge >= 0.3 is 5.69 Å². The van der Waals surface area contributed by atoms with Gasteiger partial charge in [-0.3, -0.25) is 20.2 Å². The maximum Gasteiger partial charge on any atom is 0.311 e. The summed E-state index contributed by atoms with van der Waals surface area (Å²) in [6, 6.07) is 13.9. The Morgan fingerprint density at radius 3 is 2.74 bits per heavy atom. The molecule has 3 rings (SSSR count). The summed E-state index contributed by atoms with van der Waals surface area (Å²) in [4.78, 5) is 23.9. The van der Waals surface area contributed by atoms with Crippen molar-refractivity contribution in [2.24, 2.45) is 0 Å². The molecule has 0 aliphatic carbocycles. The molecule has 1 heterocycles. The molecule has 0 saturated carbocycles. The minimum Gasteiger partial charge on any atom is -0.490 e. The number of rotatable bonds is 7. The van der Waals surface area contributed by atoms with Crippen molar-refractivity contribution < 1.29 is 14.5 Å². The summed E-state index contributed by atoms with van der Waals surface area (Å²) in [6.07, 6.45) is 0. The van der Waals surface area contributed by atoms with Crippen LogP contribution in [0.25, 0.3) is 0 Å². The van der Waals surface area contributed by atoms with Gasteiger partial charge in [0.05, 0.1) is 17.8 Å². The van der Waals surface area contributed by atoms with Gasteiger partial charge in [0.25, 0.3) is 5.91 Å². The minimum absolute atomic E-state index is 0.0905. The lowest BCUT2D eigenvalue weighted by atomic mass is 10.2. The number of methoxy groups -OCH3 is 1. The van der Waals surface area contributed by atoms with E-state index in [1.165, 1.54) is 36.6 Å². The Hall–Kier alpha value is -2.98. The number of aromatic nitrogens is 2. The number of benzene rings is 2. The third kappa shape index (κ3) is 4.80. The molecule has 1 N–H and O–H groups in total. The molecule has 0 bridgehead atoms. The van der Waals surface area contributed by atoms with E-state index < -0.39 is 10.8 Å². The van der Waals surface area contributed by atoms with Crippen LogP contribution in [0.1, 0.15) is 15.4 Å². The van der Waals surface area contributed by atoms with Gasteiger partial charge in [-0.05, 0) is 24.3 Å². The van der Waals surface area contributed by atoms with Crippen LogP contribution in [0, 0.1) is 10.1 Å². The van der Waals surface area contributed by atoms with Gasteiger partial charge < -0.3 is 4.74 Å². The summed E-state index contributed by atoms with van der Waals surface area (Å²) in [5, 5.41) is 22.8. The molecule has 27 heavy (non-hydrogen) atoms. The van der Waals surface area contributed by atoms with Crippen molar-refractivity contribution >= 4 is 39.8 Å². The molecule has 3 aromatic rings. The van der Waals surface area contributed by atoms with E-state index in [4.69, 9.17) is 4.74 Å². The van der Waals surface area contributed by atoms with E-state index in [-0.39, 0.29) is 17.0 Å². The molecular formula is C17H14N4O4S2. The predicted molar refractivity (Wildman–Crippen MR) is 104 cm³/mol. The predicted octanol–water partition coefficient (Wildman–Crippen LogP) is 4.00. The zero-order valence-corrected chi connectivity index (χ0v) is 15.8. The summed E-state index contributed by atoms with van der Waals surface area (Å²) in [5.74, 6) is 0.220. The Balaban J connectivity index is 1.65. The van der Waals surface area contributed by atoms with Gasteiger partial charge in [0.1, 0.15) is 5.01 Å². The van der Waals surface area contributed by atoms with Crippen LogP contribution in [0.5, 0.6) is 5.75 Å². The van der Waals surface area contributed by atoms with Crippen molar-refractivity contribution in [3.8, 4) is 5.75 Å². The topological polar surface area (TPSA) is 107 Å². The fourth-order valence-electron chi connectivity index (χ4n) is 2.17. The molecule has 138 valence electrons. The van der Waals surface area contributed by atoms with E-state index in [2.05, 4.69) is 15.5 Å². The second kappa shape index (κ2) is 8.60. The minimum atomic E-state index is -0.598. The molecule has 0 aliphatic rings. The van der Waals surface area contributed by atoms with Crippen molar-refractivity contribution in [2.45, 2.75) is 10.6 Å². The van der Waals surface area contributed by atoms with E-state index >= 15 is 0 Å². The van der Waals surface area contributed by atoms with Crippen molar-refractivity contribution in [3.63, 3.8) is 0 Å². The van der Waals surface area contributed by atoms with Crippen molar-refractivity contribution in [3.05, 3.63) is 69.2 Å². The number of nitrogens with zero attached hydrogens (tertiary/aromatic N) is 3. The number of nitro benzene ring substituents is 1. The van der Waals surface area contributed by atoms with Gasteiger partial charge in [-0.1, -0.05) is 29.5 Å². The molecule has 0 aliphatic heterocycles. The molecule has 0 unspecified atom stereocenters. The maximum atomic E-state index is 12.3. The number of thioether (sulfide) groups is 1. The third-order valence-corrected chi connectivity index (χ3v) is 5.48. The first-order valence-electron chi connectivity index (χ1n) is 7.71. The van der Waals surface area contributed by atoms with Gasteiger partial charge in [0.15, 0.2) is 5.75 Å². The van der Waals surface area contributed by atoms with Crippen LogP contribution in [0.3, 0.4) is 0 Å². The first-order valence-corrected chi connectivity index (χ1v) is 9.51. The number of nitrogens with one attached hydrogen (secondary N) is 1. The monoisotopic (exact) mass is 402 g/mol. The average molecular weight is 402 g/mol. The zero-order chi connectivity index (χ0) is 19.2. The van der Waals surface area contributed by atoms with E-state index in [9.17, 15) is 14.9 Å². The van der Waals surface area contributed by atoms with Gasteiger partial charge in [-0.15, -0.1) is 22.0 Å². The number of carbonyl (C=O) groups is 1. The van der Waals surface area contributed by atoms with Crippen molar-refractivity contribution in [2.75, 3.05) is 12.4 Å². The summed E-state index contributed by atoms with van der Waals surface area (Å²) in [6.45, 7) is 0. The van der Waals surface area contributed by atoms with Crippen LogP contribution < -0.4 is 10.1 Å². The lowest BCUT2D eigenvalue weighted by Crippen LogP contribution is -2.12. The molecule has 0 atom stereocenters. The lowest BCUT2D eigenvalue weighted by molar-refractivity contribution is -0.385. The van der Waals surface area contributed by atoms with Gasteiger partial charge in [-0.25, -0.2) is 0 Å². The second-order valence-corrected chi connectivity index (χ2v) is 7.31. The number of anilines is 1. The maximum absolute atomic E-state index is 12.3. The molecule has 1 amide bonds. The Morgan fingerprint density at radius 2 is 2.04 bits per heavy atom. The standard InChI is InChI=1S/C17H14N4O4S2/c1-25-14-8-7-11(9-13(14)21(23)24)16(22)18-17-20-19-15(27-17)10-26-12-5-3-2-4-6-12/h2-9H,10H2,1H3,(H,18,20,22). The van der Waals surface area contributed by atoms with Crippen LogP contribution in [-0.2, 0) is 5.75 Å². The molecule has 2 aromatic carbocycles. The highest BCUT2D eigenvalue weighted by molar-refractivity contribution is 7.98. The smallest absolute Gasteiger partial charge is 0.311 e. The number of hydrogen-bond donors (Lipinski definition) is 1. The van der Waals surface area contributed by atoms with Crippen molar-refractivity contribution in [1.29, 1.82) is 0 Å². The zero-order valence-electron chi connectivity index (χ0n) is 14.1.